The molecule has 0 unspecified atom stereocenters. The number of phenols is 1. The van der Waals surface area contributed by atoms with E-state index in [1.807, 2.05) is 56.4 Å². The monoisotopic (exact) mass is 490 g/mol. The van der Waals surface area contributed by atoms with Gasteiger partial charge in [0.1, 0.15) is 5.75 Å². The molecule has 2 amide bonds. The third-order valence-corrected chi connectivity index (χ3v) is 7.11. The Kier molecular flexibility index (Phi) is 8.31. The number of carbonyl (C=O) groups is 2. The molecule has 0 bridgehead atoms. The van der Waals surface area contributed by atoms with Crippen LogP contribution in [0.2, 0.25) is 0 Å². The maximum absolute atomic E-state index is 13.4. The van der Waals surface area contributed by atoms with Gasteiger partial charge in [0.25, 0.3) is 0 Å². The number of rotatable bonds is 10. The van der Waals surface area contributed by atoms with Crippen LogP contribution in [0.4, 0.5) is 0 Å². The van der Waals surface area contributed by atoms with Crippen LogP contribution in [0.3, 0.4) is 0 Å². The number of H-pyrrole nitrogens is 1. The highest BCUT2D eigenvalue weighted by atomic mass is 16.3. The van der Waals surface area contributed by atoms with Gasteiger partial charge in [0.05, 0.1) is 11.6 Å². The second-order valence-electron chi connectivity index (χ2n) is 10.4. The van der Waals surface area contributed by atoms with E-state index in [2.05, 4.69) is 20.9 Å². The number of para-hydroxylation sites is 1. The molecule has 1 fully saturated rings. The lowest BCUT2D eigenvalue weighted by Crippen LogP contribution is -2.61. The molecule has 1 atom stereocenters. The molecule has 0 radical (unpaired) electrons. The van der Waals surface area contributed by atoms with Gasteiger partial charge in [-0.15, -0.1) is 0 Å². The molecule has 0 aliphatic heterocycles. The van der Waals surface area contributed by atoms with Crippen LogP contribution in [0.15, 0.2) is 54.7 Å². The Labute approximate surface area is 213 Å². The first-order valence-corrected chi connectivity index (χ1v) is 13.0. The van der Waals surface area contributed by atoms with Gasteiger partial charge in [-0.3, -0.25) is 14.9 Å². The summed E-state index contributed by atoms with van der Waals surface area (Å²) in [4.78, 5) is 29.9. The van der Waals surface area contributed by atoms with Crippen molar-refractivity contribution in [2.45, 2.75) is 76.4 Å². The molecule has 36 heavy (non-hydrogen) atoms. The molecular formula is C29H38N4O3. The Balaban J connectivity index is 1.45. The standard InChI is InChI=1S/C29H38N4O3/c1-29(2,28(36)32-22-8-4-3-5-9-22)33-26(18-21-19-31-25-11-7-6-10-24(21)25)27(35)30-17-16-20-12-14-23(34)15-13-20/h6-7,10-15,19,22,26,31,33-34H,3-5,8-9,16-18H2,1-2H3,(H,30,35)(H,32,36)/t26-/m0/s1. The van der Waals surface area contributed by atoms with Gasteiger partial charge >= 0.3 is 0 Å². The molecule has 1 heterocycles. The fourth-order valence-corrected chi connectivity index (χ4v) is 4.96. The fraction of sp³-hybridized carbons (Fsp3) is 0.448. The zero-order valence-corrected chi connectivity index (χ0v) is 21.3. The van der Waals surface area contributed by atoms with Crippen molar-refractivity contribution < 1.29 is 14.7 Å². The zero-order valence-electron chi connectivity index (χ0n) is 21.3. The molecule has 2 aromatic carbocycles. The van der Waals surface area contributed by atoms with Crippen LogP contribution < -0.4 is 16.0 Å². The van der Waals surface area contributed by atoms with E-state index in [1.54, 1.807) is 12.1 Å². The molecule has 1 aliphatic rings. The maximum atomic E-state index is 13.4. The number of fused-ring (bicyclic) bond motifs is 1. The smallest absolute Gasteiger partial charge is 0.239 e. The first kappa shape index (κ1) is 25.8. The number of hydrogen-bond donors (Lipinski definition) is 5. The highest BCUT2D eigenvalue weighted by Gasteiger charge is 2.34. The van der Waals surface area contributed by atoms with E-state index in [4.69, 9.17) is 0 Å². The minimum absolute atomic E-state index is 0.0739. The molecule has 1 saturated carbocycles. The van der Waals surface area contributed by atoms with E-state index in [9.17, 15) is 14.7 Å². The molecule has 0 spiro atoms. The van der Waals surface area contributed by atoms with Crippen molar-refractivity contribution in [1.82, 2.24) is 20.9 Å². The van der Waals surface area contributed by atoms with E-state index in [0.29, 0.717) is 19.4 Å². The van der Waals surface area contributed by atoms with Crippen molar-refractivity contribution in [3.05, 3.63) is 65.9 Å². The lowest BCUT2D eigenvalue weighted by molar-refractivity contribution is -0.129. The Morgan fingerprint density at radius 1 is 1.06 bits per heavy atom. The highest BCUT2D eigenvalue weighted by molar-refractivity contribution is 5.89. The number of hydrogen-bond acceptors (Lipinski definition) is 4. The third-order valence-electron chi connectivity index (χ3n) is 7.11. The molecule has 0 saturated heterocycles. The van der Waals surface area contributed by atoms with Crippen LogP contribution in [0.5, 0.6) is 5.75 Å². The van der Waals surface area contributed by atoms with Gasteiger partial charge in [-0.1, -0.05) is 49.6 Å². The summed E-state index contributed by atoms with van der Waals surface area (Å²) in [5, 5.41) is 20.2. The molecule has 1 aliphatic carbocycles. The van der Waals surface area contributed by atoms with Gasteiger partial charge in [-0.2, -0.15) is 0 Å². The van der Waals surface area contributed by atoms with Crippen LogP contribution in [-0.2, 0) is 22.4 Å². The minimum atomic E-state index is -0.914. The molecule has 5 N–H and O–H groups in total. The molecule has 4 rings (SSSR count). The normalized spacial score (nSPS) is 15.5. The first-order valence-electron chi connectivity index (χ1n) is 13.0. The Morgan fingerprint density at radius 3 is 2.53 bits per heavy atom. The van der Waals surface area contributed by atoms with E-state index < -0.39 is 11.6 Å². The van der Waals surface area contributed by atoms with Crippen molar-refractivity contribution in [3.63, 3.8) is 0 Å². The maximum Gasteiger partial charge on any atom is 0.239 e. The summed E-state index contributed by atoms with van der Waals surface area (Å²) in [6, 6.07) is 14.6. The summed E-state index contributed by atoms with van der Waals surface area (Å²) in [6.45, 7) is 4.15. The number of aromatic hydroxyl groups is 1. The average Bonchev–Trinajstić information content (AvgIpc) is 3.28. The van der Waals surface area contributed by atoms with Crippen molar-refractivity contribution in [3.8, 4) is 5.75 Å². The minimum Gasteiger partial charge on any atom is -0.508 e. The summed E-state index contributed by atoms with van der Waals surface area (Å²) in [6.07, 6.45) is 8.59. The highest BCUT2D eigenvalue weighted by Crippen LogP contribution is 2.21. The first-order chi connectivity index (χ1) is 17.3. The Bertz CT molecular complexity index is 1160. The topological polar surface area (TPSA) is 106 Å². The van der Waals surface area contributed by atoms with E-state index in [0.717, 1.165) is 47.7 Å². The second-order valence-corrected chi connectivity index (χ2v) is 10.4. The van der Waals surface area contributed by atoms with Crippen LogP contribution >= 0.6 is 0 Å². The predicted molar refractivity (Wildman–Crippen MR) is 143 cm³/mol. The summed E-state index contributed by atoms with van der Waals surface area (Å²) < 4.78 is 0. The Morgan fingerprint density at radius 2 is 1.78 bits per heavy atom. The van der Waals surface area contributed by atoms with Gasteiger partial charge in [-0.05, 0) is 68.9 Å². The van der Waals surface area contributed by atoms with Gasteiger partial charge in [0.2, 0.25) is 11.8 Å². The SMILES string of the molecule is CC(C)(N[C@@H](Cc1c[nH]c2ccccc12)C(=O)NCCc1ccc(O)cc1)C(=O)NC1CCCCC1. The number of phenolic OH excluding ortho intramolecular Hbond substituents is 1. The van der Waals surface area contributed by atoms with Gasteiger partial charge in [0, 0.05) is 29.7 Å². The van der Waals surface area contributed by atoms with E-state index in [-0.39, 0.29) is 23.6 Å². The van der Waals surface area contributed by atoms with Gasteiger partial charge in [-0.25, -0.2) is 0 Å². The summed E-state index contributed by atoms with van der Waals surface area (Å²) >= 11 is 0. The molecule has 3 aromatic rings. The van der Waals surface area contributed by atoms with Crippen molar-refractivity contribution in [1.29, 1.82) is 0 Å². The number of benzene rings is 2. The third kappa shape index (κ3) is 6.66. The van der Waals surface area contributed by atoms with Gasteiger partial charge in [0.15, 0.2) is 0 Å². The molecular weight excluding hydrogens is 452 g/mol. The van der Waals surface area contributed by atoms with Crippen LogP contribution in [-0.4, -0.2) is 46.1 Å². The number of aromatic nitrogens is 1. The molecule has 1 aromatic heterocycles. The lowest BCUT2D eigenvalue weighted by atomic mass is 9.93. The zero-order chi connectivity index (χ0) is 25.5. The van der Waals surface area contributed by atoms with E-state index in [1.165, 1.54) is 6.42 Å². The molecule has 192 valence electrons. The molecule has 7 nitrogen and oxygen atoms in total. The van der Waals surface area contributed by atoms with Crippen LogP contribution in [0, 0.1) is 0 Å². The summed E-state index contributed by atoms with van der Waals surface area (Å²) in [5.41, 5.74) is 2.16. The number of nitrogens with one attached hydrogen (secondary N) is 4. The van der Waals surface area contributed by atoms with Crippen LogP contribution in [0.25, 0.3) is 10.9 Å². The van der Waals surface area contributed by atoms with Crippen molar-refractivity contribution >= 4 is 22.7 Å². The number of amides is 2. The summed E-state index contributed by atoms with van der Waals surface area (Å²) in [5.74, 6) is 0.00679. The predicted octanol–water partition coefficient (Wildman–Crippen LogP) is 3.96. The lowest BCUT2D eigenvalue weighted by Gasteiger charge is -2.33. The number of aromatic amines is 1. The molecule has 7 heteroatoms. The Hall–Kier alpha value is -3.32. The number of carbonyl (C=O) groups excluding carboxylic acids is 2. The summed E-state index contributed by atoms with van der Waals surface area (Å²) in [7, 11) is 0. The van der Waals surface area contributed by atoms with Crippen molar-refractivity contribution in [2.24, 2.45) is 0 Å². The van der Waals surface area contributed by atoms with E-state index >= 15 is 0 Å². The second kappa shape index (κ2) is 11.6. The largest absolute Gasteiger partial charge is 0.508 e. The van der Waals surface area contributed by atoms with Gasteiger partial charge < -0.3 is 20.7 Å². The quantitative estimate of drug-likeness (QED) is 0.297. The fourth-order valence-electron chi connectivity index (χ4n) is 4.96. The van der Waals surface area contributed by atoms with Crippen LogP contribution in [0.1, 0.15) is 57.1 Å². The average molecular weight is 491 g/mol. The van der Waals surface area contributed by atoms with Crippen molar-refractivity contribution in [2.75, 3.05) is 6.54 Å².